The van der Waals surface area contributed by atoms with Crippen LogP contribution in [-0.4, -0.2) is 0 Å². The molecule has 3 nitrogen and oxygen atoms in total. The lowest BCUT2D eigenvalue weighted by molar-refractivity contribution is 0.477. The highest BCUT2D eigenvalue weighted by molar-refractivity contribution is 6.31. The summed E-state index contributed by atoms with van der Waals surface area (Å²) in [7, 11) is 0. The highest BCUT2D eigenvalue weighted by Gasteiger charge is 2.17. The number of fused-ring (bicyclic) bond motifs is 1. The van der Waals surface area contributed by atoms with Gasteiger partial charge in [-0.25, -0.2) is 5.43 Å². The number of furan rings is 1. The topological polar surface area (TPSA) is 51.2 Å². The van der Waals surface area contributed by atoms with Crippen LogP contribution in [0.1, 0.15) is 22.9 Å². The number of nitrogens with two attached hydrogens (primary N) is 1. The molecular formula is C16H15ClN2O. The summed E-state index contributed by atoms with van der Waals surface area (Å²) >= 11 is 6.18. The van der Waals surface area contributed by atoms with Crippen LogP contribution in [0.3, 0.4) is 0 Å². The van der Waals surface area contributed by atoms with Gasteiger partial charge in [0.2, 0.25) is 0 Å². The Labute approximate surface area is 122 Å². The minimum Gasteiger partial charge on any atom is -0.459 e. The maximum absolute atomic E-state index is 6.18. The molecule has 3 N–H and O–H groups in total. The van der Waals surface area contributed by atoms with Gasteiger partial charge < -0.3 is 4.42 Å². The van der Waals surface area contributed by atoms with Crippen molar-refractivity contribution < 1.29 is 4.42 Å². The zero-order chi connectivity index (χ0) is 14.1. The molecule has 0 aliphatic rings. The number of hydrogen-bond donors (Lipinski definition) is 2. The molecule has 1 unspecified atom stereocenters. The van der Waals surface area contributed by atoms with Crippen molar-refractivity contribution in [3.8, 4) is 0 Å². The lowest BCUT2D eigenvalue weighted by atomic mass is 10.0. The second kappa shape index (κ2) is 5.29. The van der Waals surface area contributed by atoms with Crippen LogP contribution in [0.15, 0.2) is 52.9 Å². The van der Waals surface area contributed by atoms with Crippen LogP contribution >= 0.6 is 11.6 Å². The number of benzene rings is 2. The van der Waals surface area contributed by atoms with Crippen molar-refractivity contribution in [3.05, 3.63) is 70.4 Å². The standard InChI is InChI=1S/C16H15ClN2O/c1-10-6-7-12(8-13(10)17)16(19-18)15-9-11-4-2-3-5-14(11)20-15/h2-9,16,19H,18H2,1H3. The summed E-state index contributed by atoms with van der Waals surface area (Å²) in [6.07, 6.45) is 0. The number of hydrogen-bond acceptors (Lipinski definition) is 3. The Hall–Kier alpha value is -1.81. The predicted molar refractivity (Wildman–Crippen MR) is 81.6 cm³/mol. The molecule has 0 saturated carbocycles. The third-order valence-corrected chi connectivity index (χ3v) is 3.83. The number of para-hydroxylation sites is 1. The molecule has 0 aliphatic carbocycles. The molecule has 0 spiro atoms. The number of aryl methyl sites for hydroxylation is 1. The molecule has 0 fully saturated rings. The van der Waals surface area contributed by atoms with Crippen LogP contribution in [0.25, 0.3) is 11.0 Å². The van der Waals surface area contributed by atoms with Gasteiger partial charge in [0.05, 0.1) is 0 Å². The summed E-state index contributed by atoms with van der Waals surface area (Å²) in [5, 5.41) is 1.78. The third-order valence-electron chi connectivity index (χ3n) is 3.42. The monoisotopic (exact) mass is 286 g/mol. The first kappa shape index (κ1) is 13.2. The molecule has 1 heterocycles. The Bertz CT molecular complexity index is 718. The van der Waals surface area contributed by atoms with Crippen LogP contribution in [0.5, 0.6) is 0 Å². The summed E-state index contributed by atoms with van der Waals surface area (Å²) in [4.78, 5) is 0. The zero-order valence-electron chi connectivity index (χ0n) is 11.1. The van der Waals surface area contributed by atoms with Crippen molar-refractivity contribution in [3.63, 3.8) is 0 Å². The Morgan fingerprint density at radius 2 is 1.95 bits per heavy atom. The largest absolute Gasteiger partial charge is 0.459 e. The molecule has 20 heavy (non-hydrogen) atoms. The van der Waals surface area contributed by atoms with E-state index in [0.717, 1.165) is 32.9 Å². The zero-order valence-corrected chi connectivity index (χ0v) is 11.8. The number of rotatable bonds is 3. The van der Waals surface area contributed by atoms with E-state index in [4.69, 9.17) is 21.9 Å². The molecule has 1 atom stereocenters. The van der Waals surface area contributed by atoms with Crippen LogP contribution < -0.4 is 11.3 Å². The normalized spacial score (nSPS) is 12.8. The Kier molecular flexibility index (Phi) is 3.49. The van der Waals surface area contributed by atoms with Gasteiger partial charge in [-0.3, -0.25) is 5.84 Å². The van der Waals surface area contributed by atoms with Gasteiger partial charge in [0, 0.05) is 10.4 Å². The van der Waals surface area contributed by atoms with E-state index in [1.165, 1.54) is 0 Å². The summed E-state index contributed by atoms with van der Waals surface area (Å²) < 4.78 is 5.86. The Balaban J connectivity index is 2.06. The van der Waals surface area contributed by atoms with Crippen molar-refractivity contribution >= 4 is 22.6 Å². The molecule has 2 aromatic carbocycles. The van der Waals surface area contributed by atoms with Gasteiger partial charge in [-0.1, -0.05) is 41.9 Å². The van der Waals surface area contributed by atoms with Crippen molar-refractivity contribution in [1.82, 2.24) is 5.43 Å². The van der Waals surface area contributed by atoms with E-state index < -0.39 is 0 Å². The molecule has 102 valence electrons. The summed E-state index contributed by atoms with van der Waals surface area (Å²) in [5.74, 6) is 6.47. The molecule has 0 bridgehead atoms. The lowest BCUT2D eigenvalue weighted by Gasteiger charge is -2.14. The Morgan fingerprint density at radius 3 is 2.65 bits per heavy atom. The fourth-order valence-electron chi connectivity index (χ4n) is 2.28. The SMILES string of the molecule is Cc1ccc(C(NN)c2cc3ccccc3o2)cc1Cl. The molecule has 0 saturated heterocycles. The number of nitrogens with one attached hydrogen (secondary N) is 1. The quantitative estimate of drug-likeness (QED) is 0.566. The van der Waals surface area contributed by atoms with Gasteiger partial charge in [0.1, 0.15) is 17.4 Å². The molecule has 0 aliphatic heterocycles. The second-order valence-electron chi connectivity index (χ2n) is 4.79. The number of hydrazine groups is 1. The van der Waals surface area contributed by atoms with Gasteiger partial charge in [0.25, 0.3) is 0 Å². The van der Waals surface area contributed by atoms with E-state index in [1.54, 1.807) is 0 Å². The highest BCUT2D eigenvalue weighted by Crippen LogP contribution is 2.29. The van der Waals surface area contributed by atoms with Crippen molar-refractivity contribution in [2.45, 2.75) is 13.0 Å². The van der Waals surface area contributed by atoms with Crippen molar-refractivity contribution in [2.24, 2.45) is 5.84 Å². The van der Waals surface area contributed by atoms with Gasteiger partial charge in [-0.05, 0) is 36.2 Å². The smallest absolute Gasteiger partial charge is 0.134 e. The van der Waals surface area contributed by atoms with E-state index in [-0.39, 0.29) is 6.04 Å². The van der Waals surface area contributed by atoms with Crippen molar-refractivity contribution in [2.75, 3.05) is 0 Å². The fourth-order valence-corrected chi connectivity index (χ4v) is 2.46. The van der Waals surface area contributed by atoms with Gasteiger partial charge in [-0.2, -0.15) is 0 Å². The first-order chi connectivity index (χ1) is 9.69. The summed E-state index contributed by atoms with van der Waals surface area (Å²) in [6.45, 7) is 1.97. The maximum atomic E-state index is 6.18. The second-order valence-corrected chi connectivity index (χ2v) is 5.20. The minimum absolute atomic E-state index is 0.222. The Morgan fingerprint density at radius 1 is 1.15 bits per heavy atom. The molecule has 3 aromatic rings. The average molecular weight is 287 g/mol. The van der Waals surface area contributed by atoms with Gasteiger partial charge in [-0.15, -0.1) is 0 Å². The van der Waals surface area contributed by atoms with Crippen LogP contribution in [0.2, 0.25) is 5.02 Å². The van der Waals surface area contributed by atoms with Gasteiger partial charge >= 0.3 is 0 Å². The molecular weight excluding hydrogens is 272 g/mol. The summed E-state index contributed by atoms with van der Waals surface area (Å²) in [6, 6.07) is 15.5. The van der Waals surface area contributed by atoms with Crippen LogP contribution in [-0.2, 0) is 0 Å². The minimum atomic E-state index is -0.222. The molecule has 0 amide bonds. The first-order valence-electron chi connectivity index (χ1n) is 6.39. The third kappa shape index (κ3) is 2.31. The van der Waals surface area contributed by atoms with E-state index in [9.17, 15) is 0 Å². The van der Waals surface area contributed by atoms with Crippen LogP contribution in [0, 0.1) is 6.92 Å². The molecule has 0 radical (unpaired) electrons. The van der Waals surface area contributed by atoms with Gasteiger partial charge in [0.15, 0.2) is 0 Å². The lowest BCUT2D eigenvalue weighted by Crippen LogP contribution is -2.28. The number of halogens is 1. The molecule has 4 heteroatoms. The fraction of sp³-hybridized carbons (Fsp3) is 0.125. The van der Waals surface area contributed by atoms with E-state index in [2.05, 4.69) is 5.43 Å². The van der Waals surface area contributed by atoms with Crippen molar-refractivity contribution in [1.29, 1.82) is 0 Å². The highest BCUT2D eigenvalue weighted by atomic mass is 35.5. The predicted octanol–water partition coefficient (Wildman–Crippen LogP) is 3.95. The maximum Gasteiger partial charge on any atom is 0.134 e. The molecule has 1 aromatic heterocycles. The summed E-state index contributed by atoms with van der Waals surface area (Å²) in [5.41, 5.74) is 5.65. The average Bonchev–Trinajstić information content (AvgIpc) is 2.87. The van der Waals surface area contributed by atoms with Crippen LogP contribution in [0.4, 0.5) is 0 Å². The molecule has 3 rings (SSSR count). The van der Waals surface area contributed by atoms with E-state index >= 15 is 0 Å². The van der Waals surface area contributed by atoms with E-state index in [0.29, 0.717) is 0 Å². The van der Waals surface area contributed by atoms with E-state index in [1.807, 2.05) is 55.5 Å². The first-order valence-corrected chi connectivity index (χ1v) is 6.77.